The van der Waals surface area contributed by atoms with E-state index in [9.17, 15) is 14.4 Å². The van der Waals surface area contributed by atoms with Gasteiger partial charge in [-0.2, -0.15) is 0 Å². The summed E-state index contributed by atoms with van der Waals surface area (Å²) in [4.78, 5) is 42.5. The first kappa shape index (κ1) is 16.9. The maximum Gasteiger partial charge on any atom is 0.332 e. The molecule has 0 spiro atoms. The SMILES string of the molecule is O=C(NC1CCCCC1)N1CCN2C(=O)N(c3ccccc3)C(=O)[C@@H]2C1. The third kappa shape index (κ3) is 3.02. The molecule has 26 heavy (non-hydrogen) atoms. The van der Waals surface area contributed by atoms with Crippen LogP contribution in [0.15, 0.2) is 30.3 Å². The lowest BCUT2D eigenvalue weighted by atomic mass is 9.96. The molecule has 0 aromatic heterocycles. The lowest BCUT2D eigenvalue weighted by molar-refractivity contribution is -0.120. The smallest absolute Gasteiger partial charge is 0.332 e. The van der Waals surface area contributed by atoms with Crippen LogP contribution in [-0.2, 0) is 4.79 Å². The predicted octanol–water partition coefficient (Wildman–Crippen LogP) is 2.18. The molecule has 5 amide bonds. The fourth-order valence-corrected chi connectivity index (χ4v) is 4.11. The zero-order valence-electron chi connectivity index (χ0n) is 14.8. The van der Waals surface area contributed by atoms with Crippen molar-refractivity contribution in [3.63, 3.8) is 0 Å². The monoisotopic (exact) mass is 356 g/mol. The van der Waals surface area contributed by atoms with E-state index in [-0.39, 0.29) is 30.6 Å². The minimum Gasteiger partial charge on any atom is -0.335 e. The maximum atomic E-state index is 12.8. The van der Waals surface area contributed by atoms with Crippen LogP contribution >= 0.6 is 0 Å². The number of carbonyl (C=O) groups is 3. The number of rotatable bonds is 2. The van der Waals surface area contributed by atoms with E-state index in [1.165, 1.54) is 11.3 Å². The van der Waals surface area contributed by atoms with Crippen molar-refractivity contribution >= 4 is 23.7 Å². The van der Waals surface area contributed by atoms with Crippen LogP contribution < -0.4 is 10.2 Å². The van der Waals surface area contributed by atoms with E-state index < -0.39 is 6.04 Å². The number of fused-ring (bicyclic) bond motifs is 1. The van der Waals surface area contributed by atoms with Gasteiger partial charge in [0, 0.05) is 19.1 Å². The molecule has 3 aliphatic rings. The number of para-hydroxylation sites is 1. The normalized spacial score (nSPS) is 24.0. The molecule has 1 aromatic rings. The molecule has 0 radical (unpaired) electrons. The Morgan fingerprint density at radius 2 is 1.73 bits per heavy atom. The number of piperazine rings is 1. The Kier molecular flexibility index (Phi) is 4.53. The summed E-state index contributed by atoms with van der Waals surface area (Å²) in [5, 5.41) is 3.10. The minimum atomic E-state index is -0.589. The average molecular weight is 356 g/mol. The number of imide groups is 1. The molecule has 7 nitrogen and oxygen atoms in total. The summed E-state index contributed by atoms with van der Waals surface area (Å²) < 4.78 is 0. The van der Waals surface area contributed by atoms with Crippen molar-refractivity contribution in [2.75, 3.05) is 24.5 Å². The van der Waals surface area contributed by atoms with Gasteiger partial charge in [0.05, 0.1) is 12.2 Å². The first-order valence-corrected chi connectivity index (χ1v) is 9.40. The number of urea groups is 2. The molecule has 138 valence electrons. The van der Waals surface area contributed by atoms with Crippen LogP contribution in [-0.4, -0.2) is 59.5 Å². The molecular formula is C19H24N4O3. The van der Waals surface area contributed by atoms with Gasteiger partial charge in [-0.05, 0) is 25.0 Å². The molecule has 1 saturated carbocycles. The second kappa shape index (κ2) is 6.97. The first-order valence-electron chi connectivity index (χ1n) is 9.40. The Hall–Kier alpha value is -2.57. The van der Waals surface area contributed by atoms with E-state index in [4.69, 9.17) is 0 Å². The van der Waals surface area contributed by atoms with Gasteiger partial charge in [0.1, 0.15) is 6.04 Å². The first-order chi connectivity index (χ1) is 12.6. The third-order valence-electron chi connectivity index (χ3n) is 5.56. The number of hydrogen-bond donors (Lipinski definition) is 1. The van der Waals surface area contributed by atoms with Crippen molar-refractivity contribution < 1.29 is 14.4 Å². The summed E-state index contributed by atoms with van der Waals surface area (Å²) in [5.41, 5.74) is 0.579. The molecule has 1 aromatic carbocycles. The molecule has 2 aliphatic heterocycles. The molecule has 0 unspecified atom stereocenters. The average Bonchev–Trinajstić information content (AvgIpc) is 2.93. The van der Waals surface area contributed by atoms with Gasteiger partial charge >= 0.3 is 12.1 Å². The Morgan fingerprint density at radius 3 is 2.46 bits per heavy atom. The topological polar surface area (TPSA) is 73.0 Å². The second-order valence-corrected chi connectivity index (χ2v) is 7.23. The number of carbonyl (C=O) groups excluding carboxylic acids is 3. The quantitative estimate of drug-likeness (QED) is 0.826. The van der Waals surface area contributed by atoms with Crippen LogP contribution in [0.5, 0.6) is 0 Å². The minimum absolute atomic E-state index is 0.116. The van der Waals surface area contributed by atoms with Crippen molar-refractivity contribution in [1.82, 2.24) is 15.1 Å². The van der Waals surface area contributed by atoms with Gasteiger partial charge in [-0.15, -0.1) is 0 Å². The summed E-state index contributed by atoms with van der Waals surface area (Å²) in [5.74, 6) is -0.253. The highest BCUT2D eigenvalue weighted by Gasteiger charge is 2.49. The Morgan fingerprint density at radius 1 is 1.00 bits per heavy atom. The fourth-order valence-electron chi connectivity index (χ4n) is 4.11. The Bertz CT molecular complexity index is 702. The summed E-state index contributed by atoms with van der Waals surface area (Å²) in [7, 11) is 0. The molecular weight excluding hydrogens is 332 g/mol. The molecule has 1 N–H and O–H groups in total. The maximum absolute atomic E-state index is 12.8. The number of anilines is 1. The van der Waals surface area contributed by atoms with Gasteiger partial charge in [0.2, 0.25) is 0 Å². The van der Waals surface area contributed by atoms with Crippen LogP contribution in [0, 0.1) is 0 Å². The van der Waals surface area contributed by atoms with Gasteiger partial charge in [-0.25, -0.2) is 14.5 Å². The van der Waals surface area contributed by atoms with E-state index >= 15 is 0 Å². The predicted molar refractivity (Wildman–Crippen MR) is 96.8 cm³/mol. The van der Waals surface area contributed by atoms with Crippen LogP contribution in [0.3, 0.4) is 0 Å². The van der Waals surface area contributed by atoms with Crippen molar-refractivity contribution in [2.24, 2.45) is 0 Å². The standard InChI is InChI=1S/C19H24N4O3/c24-17-16-13-21(18(25)20-14-7-3-1-4-8-14)11-12-22(16)19(26)23(17)15-9-5-2-6-10-15/h2,5-6,9-10,14,16H,1,3-4,7-8,11-13H2,(H,20,25)/t16-/m0/s1. The Balaban J connectivity index is 1.44. The van der Waals surface area contributed by atoms with E-state index in [0.29, 0.717) is 18.8 Å². The van der Waals surface area contributed by atoms with Crippen molar-refractivity contribution in [1.29, 1.82) is 0 Å². The third-order valence-corrected chi connectivity index (χ3v) is 5.56. The lowest BCUT2D eigenvalue weighted by Crippen LogP contribution is -2.57. The lowest BCUT2D eigenvalue weighted by Gasteiger charge is -2.36. The molecule has 3 fully saturated rings. The van der Waals surface area contributed by atoms with Crippen LogP contribution in [0.25, 0.3) is 0 Å². The highest BCUT2D eigenvalue weighted by Crippen LogP contribution is 2.27. The molecule has 2 saturated heterocycles. The molecule has 1 atom stereocenters. The van der Waals surface area contributed by atoms with Crippen molar-refractivity contribution in [3.05, 3.63) is 30.3 Å². The number of nitrogens with one attached hydrogen (secondary N) is 1. The van der Waals surface area contributed by atoms with Gasteiger partial charge in [-0.1, -0.05) is 37.5 Å². The molecule has 0 bridgehead atoms. The number of amides is 5. The number of nitrogens with zero attached hydrogens (tertiary/aromatic N) is 3. The molecule has 2 heterocycles. The largest absolute Gasteiger partial charge is 0.335 e. The fraction of sp³-hybridized carbons (Fsp3) is 0.526. The molecule has 4 rings (SSSR count). The van der Waals surface area contributed by atoms with Gasteiger partial charge in [0.15, 0.2) is 0 Å². The summed E-state index contributed by atoms with van der Waals surface area (Å²) in [6.45, 7) is 1.10. The van der Waals surface area contributed by atoms with Gasteiger partial charge < -0.3 is 15.1 Å². The van der Waals surface area contributed by atoms with E-state index in [0.717, 1.165) is 25.7 Å². The van der Waals surface area contributed by atoms with Crippen LogP contribution in [0.1, 0.15) is 32.1 Å². The summed E-state index contributed by atoms with van der Waals surface area (Å²) in [6, 6.07) is 8.19. The highest BCUT2D eigenvalue weighted by molar-refractivity contribution is 6.21. The number of hydrogen-bond acceptors (Lipinski definition) is 3. The Labute approximate surface area is 152 Å². The zero-order valence-corrected chi connectivity index (χ0v) is 14.8. The van der Waals surface area contributed by atoms with Gasteiger partial charge in [0.25, 0.3) is 5.91 Å². The van der Waals surface area contributed by atoms with E-state index in [1.807, 2.05) is 6.07 Å². The second-order valence-electron chi connectivity index (χ2n) is 7.23. The van der Waals surface area contributed by atoms with E-state index in [1.54, 1.807) is 34.1 Å². The van der Waals surface area contributed by atoms with Crippen LogP contribution in [0.2, 0.25) is 0 Å². The van der Waals surface area contributed by atoms with E-state index in [2.05, 4.69) is 5.32 Å². The number of benzene rings is 1. The molecule has 1 aliphatic carbocycles. The van der Waals surface area contributed by atoms with Gasteiger partial charge in [-0.3, -0.25) is 4.79 Å². The highest BCUT2D eigenvalue weighted by atomic mass is 16.2. The molecule has 7 heteroatoms. The van der Waals surface area contributed by atoms with Crippen molar-refractivity contribution in [2.45, 2.75) is 44.2 Å². The van der Waals surface area contributed by atoms with Crippen molar-refractivity contribution in [3.8, 4) is 0 Å². The van der Waals surface area contributed by atoms with Crippen LogP contribution in [0.4, 0.5) is 15.3 Å². The zero-order chi connectivity index (χ0) is 18.1. The summed E-state index contributed by atoms with van der Waals surface area (Å²) >= 11 is 0. The summed E-state index contributed by atoms with van der Waals surface area (Å²) in [6.07, 6.45) is 5.59.